The fraction of sp³-hybridized carbons (Fsp3) is 0.318. The van der Waals surface area contributed by atoms with Crippen molar-refractivity contribution in [2.45, 2.75) is 33.6 Å². The maximum Gasteiger partial charge on any atom is 0.271 e. The predicted octanol–water partition coefficient (Wildman–Crippen LogP) is 3.94. The van der Waals surface area contributed by atoms with Crippen molar-refractivity contribution in [2.24, 2.45) is 11.0 Å². The van der Waals surface area contributed by atoms with E-state index < -0.39 is 0 Å². The molecule has 29 heavy (non-hydrogen) atoms. The molecule has 2 N–H and O–H groups in total. The lowest BCUT2D eigenvalue weighted by Crippen LogP contribution is -2.21. The van der Waals surface area contributed by atoms with Crippen molar-refractivity contribution in [3.05, 3.63) is 53.6 Å². The highest BCUT2D eigenvalue weighted by atomic mass is 16.7. The molecule has 0 unspecified atom stereocenters. The molecule has 7 heteroatoms. The molecule has 0 atom stereocenters. The molecule has 0 radical (unpaired) electrons. The molecule has 1 aliphatic rings. The minimum atomic E-state index is -0.336. The van der Waals surface area contributed by atoms with Crippen molar-refractivity contribution < 1.29 is 19.1 Å². The molecule has 0 fully saturated rings. The van der Waals surface area contributed by atoms with E-state index in [-0.39, 0.29) is 24.5 Å². The van der Waals surface area contributed by atoms with Crippen molar-refractivity contribution >= 4 is 23.2 Å². The number of carbonyl (C=O) groups excluding carboxylic acids is 2. The van der Waals surface area contributed by atoms with Crippen LogP contribution in [0.3, 0.4) is 0 Å². The van der Waals surface area contributed by atoms with Gasteiger partial charge in [-0.05, 0) is 55.7 Å². The average Bonchev–Trinajstić information content (AvgIpc) is 3.21. The van der Waals surface area contributed by atoms with Gasteiger partial charge in [0.15, 0.2) is 11.5 Å². The molecular weight excluding hydrogens is 370 g/mol. The third-order valence-corrected chi connectivity index (χ3v) is 4.89. The monoisotopic (exact) mass is 395 g/mol. The van der Waals surface area contributed by atoms with Gasteiger partial charge in [0, 0.05) is 17.2 Å². The van der Waals surface area contributed by atoms with Crippen molar-refractivity contribution in [3.8, 4) is 11.5 Å². The Hall–Kier alpha value is -3.35. The number of carbonyl (C=O) groups is 2. The number of amides is 2. The first kappa shape index (κ1) is 20.4. The molecule has 0 aliphatic carbocycles. The normalized spacial score (nSPS) is 12.8. The van der Waals surface area contributed by atoms with Crippen molar-refractivity contribution in [1.82, 2.24) is 5.43 Å². The van der Waals surface area contributed by atoms with Gasteiger partial charge in [0.1, 0.15) is 0 Å². The van der Waals surface area contributed by atoms with Crippen LogP contribution in [0.4, 0.5) is 5.69 Å². The maximum absolute atomic E-state index is 12.3. The van der Waals surface area contributed by atoms with Crippen LogP contribution in [0.25, 0.3) is 0 Å². The highest BCUT2D eigenvalue weighted by Gasteiger charge is 2.16. The van der Waals surface area contributed by atoms with Crippen molar-refractivity contribution in [1.29, 1.82) is 0 Å². The van der Waals surface area contributed by atoms with E-state index in [1.807, 2.05) is 38.1 Å². The average molecular weight is 395 g/mol. The van der Waals surface area contributed by atoms with Gasteiger partial charge in [-0.15, -0.1) is 0 Å². The lowest BCUT2D eigenvalue weighted by Gasteiger charge is -2.13. The summed E-state index contributed by atoms with van der Waals surface area (Å²) in [5.41, 5.74) is 5.22. The van der Waals surface area contributed by atoms with Gasteiger partial charge in [-0.3, -0.25) is 9.59 Å². The SMILES string of the molecule is CCC(CC)C(=O)Nc1ccc(C(C)=NNC(=O)c2ccc3c(c2)OCO3)cc1. The van der Waals surface area contributed by atoms with E-state index in [0.29, 0.717) is 22.8 Å². The van der Waals surface area contributed by atoms with E-state index in [0.717, 1.165) is 24.1 Å². The Labute approximate surface area is 170 Å². The second-order valence-corrected chi connectivity index (χ2v) is 6.79. The van der Waals surface area contributed by atoms with E-state index in [2.05, 4.69) is 15.8 Å². The standard InChI is InChI=1S/C22H25N3O4/c1-4-15(5-2)21(26)23-18-9-6-16(7-10-18)14(3)24-25-22(27)17-8-11-19-20(12-17)29-13-28-19/h6-12,15H,4-5,13H2,1-3H3,(H,23,26)(H,25,27). The quantitative estimate of drug-likeness (QED) is 0.549. The number of ether oxygens (including phenoxy) is 2. The zero-order chi connectivity index (χ0) is 20.8. The first-order valence-corrected chi connectivity index (χ1v) is 9.67. The minimum Gasteiger partial charge on any atom is -0.454 e. The summed E-state index contributed by atoms with van der Waals surface area (Å²) in [6.45, 7) is 5.98. The molecule has 0 saturated heterocycles. The smallest absolute Gasteiger partial charge is 0.271 e. The molecule has 0 saturated carbocycles. The van der Waals surface area contributed by atoms with Crippen LogP contribution in [0.15, 0.2) is 47.6 Å². The summed E-state index contributed by atoms with van der Waals surface area (Å²) in [4.78, 5) is 24.5. The summed E-state index contributed by atoms with van der Waals surface area (Å²) in [6.07, 6.45) is 1.63. The third kappa shape index (κ3) is 4.93. The Balaban J connectivity index is 1.61. The molecule has 2 amide bonds. The van der Waals surface area contributed by atoms with Gasteiger partial charge in [0.05, 0.1) is 5.71 Å². The van der Waals surface area contributed by atoms with E-state index >= 15 is 0 Å². The second kappa shape index (κ2) is 9.23. The summed E-state index contributed by atoms with van der Waals surface area (Å²) in [5, 5.41) is 7.10. The Bertz CT molecular complexity index is 918. The summed E-state index contributed by atoms with van der Waals surface area (Å²) < 4.78 is 10.5. The number of anilines is 1. The number of nitrogens with one attached hydrogen (secondary N) is 2. The Morgan fingerprint density at radius 2 is 1.66 bits per heavy atom. The molecule has 1 heterocycles. The first-order valence-electron chi connectivity index (χ1n) is 9.67. The molecule has 7 nitrogen and oxygen atoms in total. The Kier molecular flexibility index (Phi) is 6.49. The van der Waals surface area contributed by atoms with Gasteiger partial charge in [0.25, 0.3) is 5.91 Å². The minimum absolute atomic E-state index is 0.0179. The molecule has 152 valence electrons. The lowest BCUT2D eigenvalue weighted by atomic mass is 10.0. The first-order chi connectivity index (χ1) is 14.0. The van der Waals surface area contributed by atoms with E-state index in [4.69, 9.17) is 9.47 Å². The van der Waals surface area contributed by atoms with Crippen LogP contribution in [-0.4, -0.2) is 24.3 Å². The zero-order valence-electron chi connectivity index (χ0n) is 16.8. The van der Waals surface area contributed by atoms with Crippen LogP contribution in [0.1, 0.15) is 49.5 Å². The molecule has 1 aliphatic heterocycles. The molecule has 0 bridgehead atoms. The summed E-state index contributed by atoms with van der Waals surface area (Å²) in [7, 11) is 0. The number of fused-ring (bicyclic) bond motifs is 1. The zero-order valence-corrected chi connectivity index (χ0v) is 16.8. The fourth-order valence-corrected chi connectivity index (χ4v) is 3.00. The van der Waals surface area contributed by atoms with Gasteiger partial charge in [0.2, 0.25) is 12.7 Å². The highest BCUT2D eigenvalue weighted by molar-refractivity contribution is 6.01. The molecule has 2 aromatic rings. The van der Waals surface area contributed by atoms with Gasteiger partial charge in [-0.1, -0.05) is 26.0 Å². The van der Waals surface area contributed by atoms with Gasteiger partial charge in [-0.2, -0.15) is 5.10 Å². The largest absolute Gasteiger partial charge is 0.454 e. The van der Waals surface area contributed by atoms with E-state index in [1.165, 1.54) is 0 Å². The van der Waals surface area contributed by atoms with Crippen LogP contribution in [-0.2, 0) is 4.79 Å². The molecule has 0 spiro atoms. The second-order valence-electron chi connectivity index (χ2n) is 6.79. The van der Waals surface area contributed by atoms with Gasteiger partial charge in [-0.25, -0.2) is 5.43 Å². The number of benzene rings is 2. The van der Waals surface area contributed by atoms with Crippen LogP contribution in [0, 0.1) is 5.92 Å². The molecule has 0 aromatic heterocycles. The predicted molar refractivity (Wildman–Crippen MR) is 111 cm³/mol. The number of hydrazone groups is 1. The fourth-order valence-electron chi connectivity index (χ4n) is 3.00. The van der Waals surface area contributed by atoms with Gasteiger partial charge >= 0.3 is 0 Å². The van der Waals surface area contributed by atoms with Crippen LogP contribution < -0.4 is 20.2 Å². The van der Waals surface area contributed by atoms with Crippen LogP contribution in [0.2, 0.25) is 0 Å². The maximum atomic E-state index is 12.3. The summed E-state index contributed by atoms with van der Waals surface area (Å²) >= 11 is 0. The van der Waals surface area contributed by atoms with E-state index in [1.54, 1.807) is 25.1 Å². The summed E-state index contributed by atoms with van der Waals surface area (Å²) in [5.74, 6) is 0.882. The van der Waals surface area contributed by atoms with Crippen molar-refractivity contribution in [3.63, 3.8) is 0 Å². The summed E-state index contributed by atoms with van der Waals surface area (Å²) in [6, 6.07) is 12.3. The lowest BCUT2D eigenvalue weighted by molar-refractivity contribution is -0.120. The molecular formula is C22H25N3O4. The van der Waals surface area contributed by atoms with Crippen molar-refractivity contribution in [2.75, 3.05) is 12.1 Å². The Morgan fingerprint density at radius 3 is 2.34 bits per heavy atom. The van der Waals surface area contributed by atoms with Gasteiger partial charge < -0.3 is 14.8 Å². The van der Waals surface area contributed by atoms with Crippen LogP contribution >= 0.6 is 0 Å². The topological polar surface area (TPSA) is 89.0 Å². The molecule has 3 rings (SSSR count). The Morgan fingerprint density at radius 1 is 1.00 bits per heavy atom. The number of nitrogens with zero attached hydrogens (tertiary/aromatic N) is 1. The highest BCUT2D eigenvalue weighted by Crippen LogP contribution is 2.32. The number of hydrogen-bond acceptors (Lipinski definition) is 5. The molecule has 2 aromatic carbocycles. The van der Waals surface area contributed by atoms with Crippen LogP contribution in [0.5, 0.6) is 11.5 Å². The number of hydrogen-bond donors (Lipinski definition) is 2. The third-order valence-electron chi connectivity index (χ3n) is 4.89. The number of rotatable bonds is 7. The van der Waals surface area contributed by atoms with E-state index in [9.17, 15) is 9.59 Å².